The predicted molar refractivity (Wildman–Crippen MR) is 67.1 cm³/mol. The van der Waals surface area contributed by atoms with Crippen LogP contribution >= 0.6 is 0 Å². The Morgan fingerprint density at radius 3 is 2.47 bits per heavy atom. The van der Waals surface area contributed by atoms with Crippen LogP contribution in [0.15, 0.2) is 0 Å². The predicted octanol–water partition coefficient (Wildman–Crippen LogP) is 2.03. The van der Waals surface area contributed by atoms with E-state index in [1.807, 2.05) is 6.92 Å². The van der Waals surface area contributed by atoms with Gasteiger partial charge >= 0.3 is 5.97 Å². The molecule has 0 radical (unpaired) electrons. The van der Waals surface area contributed by atoms with Gasteiger partial charge in [-0.15, -0.1) is 0 Å². The largest absolute Gasteiger partial charge is 0.480 e. The normalized spacial score (nSPS) is 21.2. The Morgan fingerprint density at radius 2 is 2.06 bits per heavy atom. The second-order valence-corrected chi connectivity index (χ2v) is 5.81. The molecule has 4 heteroatoms. The number of ether oxygens (including phenoxy) is 1. The molecule has 0 spiro atoms. The molecule has 2 N–H and O–H groups in total. The van der Waals surface area contributed by atoms with Crippen LogP contribution in [-0.2, 0) is 9.53 Å². The summed E-state index contributed by atoms with van der Waals surface area (Å²) >= 11 is 0. The average Bonchev–Trinajstić information content (AvgIpc) is 2.97. The minimum Gasteiger partial charge on any atom is -0.480 e. The number of nitrogens with one attached hydrogen (secondary N) is 1. The van der Waals surface area contributed by atoms with E-state index in [2.05, 4.69) is 19.2 Å². The molecule has 0 heterocycles. The molecular formula is C13H25NO3. The fourth-order valence-electron chi connectivity index (χ4n) is 1.88. The summed E-state index contributed by atoms with van der Waals surface area (Å²) in [5.41, 5.74) is -0.952. The van der Waals surface area contributed by atoms with Gasteiger partial charge in [0.1, 0.15) is 5.54 Å². The van der Waals surface area contributed by atoms with Crippen molar-refractivity contribution in [1.82, 2.24) is 5.32 Å². The van der Waals surface area contributed by atoms with Crippen LogP contribution in [0.25, 0.3) is 0 Å². The molecule has 17 heavy (non-hydrogen) atoms. The zero-order chi connectivity index (χ0) is 13.1. The van der Waals surface area contributed by atoms with Crippen LogP contribution in [0.1, 0.15) is 47.0 Å². The molecule has 1 saturated carbocycles. The summed E-state index contributed by atoms with van der Waals surface area (Å²) in [5, 5.41) is 12.4. The van der Waals surface area contributed by atoms with Gasteiger partial charge in [-0.25, -0.2) is 0 Å². The SMILES string of the molecule is CC(C)CC(C)OCC(C)(NC1CC1)C(=O)O. The Morgan fingerprint density at radius 1 is 1.47 bits per heavy atom. The lowest BCUT2D eigenvalue weighted by Gasteiger charge is -2.28. The van der Waals surface area contributed by atoms with Gasteiger partial charge < -0.3 is 9.84 Å². The summed E-state index contributed by atoms with van der Waals surface area (Å²) in [6.45, 7) is 8.21. The monoisotopic (exact) mass is 243 g/mol. The van der Waals surface area contributed by atoms with Crippen LogP contribution in [0.4, 0.5) is 0 Å². The van der Waals surface area contributed by atoms with Gasteiger partial charge in [0.15, 0.2) is 0 Å². The molecule has 0 aromatic heterocycles. The smallest absolute Gasteiger partial charge is 0.326 e. The van der Waals surface area contributed by atoms with Gasteiger partial charge in [0.25, 0.3) is 0 Å². The number of carbonyl (C=O) groups is 1. The van der Waals surface area contributed by atoms with Gasteiger partial charge in [-0.3, -0.25) is 10.1 Å². The molecule has 1 aliphatic rings. The average molecular weight is 243 g/mol. The Kier molecular flexibility index (Phi) is 4.95. The van der Waals surface area contributed by atoms with E-state index in [1.54, 1.807) is 6.92 Å². The molecule has 1 rings (SSSR count). The Balaban J connectivity index is 2.40. The lowest BCUT2D eigenvalue weighted by molar-refractivity contribution is -0.148. The highest BCUT2D eigenvalue weighted by atomic mass is 16.5. The fraction of sp³-hybridized carbons (Fsp3) is 0.923. The zero-order valence-electron chi connectivity index (χ0n) is 11.3. The molecule has 0 amide bonds. The van der Waals surface area contributed by atoms with E-state index in [9.17, 15) is 9.90 Å². The van der Waals surface area contributed by atoms with Crippen molar-refractivity contribution in [2.75, 3.05) is 6.61 Å². The molecule has 1 aliphatic carbocycles. The van der Waals surface area contributed by atoms with Crippen molar-refractivity contribution in [3.05, 3.63) is 0 Å². The van der Waals surface area contributed by atoms with Crippen molar-refractivity contribution in [3.63, 3.8) is 0 Å². The summed E-state index contributed by atoms with van der Waals surface area (Å²) in [5.74, 6) is -0.265. The first-order chi connectivity index (χ1) is 7.83. The van der Waals surface area contributed by atoms with E-state index in [1.165, 1.54) is 0 Å². The summed E-state index contributed by atoms with van der Waals surface area (Å²) < 4.78 is 5.66. The molecule has 4 nitrogen and oxygen atoms in total. The van der Waals surface area contributed by atoms with Crippen LogP contribution in [0.3, 0.4) is 0 Å². The number of hydrogen-bond acceptors (Lipinski definition) is 3. The second kappa shape index (κ2) is 5.83. The lowest BCUT2D eigenvalue weighted by atomic mass is 10.0. The van der Waals surface area contributed by atoms with E-state index >= 15 is 0 Å². The molecule has 0 aliphatic heterocycles. The number of carboxylic acids is 1. The molecule has 0 aromatic carbocycles. The van der Waals surface area contributed by atoms with Gasteiger partial charge in [-0.2, -0.15) is 0 Å². The maximum atomic E-state index is 11.3. The summed E-state index contributed by atoms with van der Waals surface area (Å²) in [6, 6.07) is 0.361. The first kappa shape index (κ1) is 14.5. The van der Waals surface area contributed by atoms with E-state index < -0.39 is 11.5 Å². The van der Waals surface area contributed by atoms with Crippen LogP contribution < -0.4 is 5.32 Å². The molecule has 0 aromatic rings. The molecule has 0 bridgehead atoms. The molecule has 2 atom stereocenters. The highest BCUT2D eigenvalue weighted by Crippen LogP contribution is 2.23. The summed E-state index contributed by atoms with van der Waals surface area (Å²) in [7, 11) is 0. The third-order valence-electron chi connectivity index (χ3n) is 3.03. The topological polar surface area (TPSA) is 58.6 Å². The zero-order valence-corrected chi connectivity index (χ0v) is 11.3. The summed E-state index contributed by atoms with van der Waals surface area (Å²) in [4.78, 5) is 11.3. The van der Waals surface area contributed by atoms with E-state index in [0.29, 0.717) is 12.0 Å². The number of aliphatic carboxylic acids is 1. The third-order valence-corrected chi connectivity index (χ3v) is 3.03. The number of hydrogen-bond donors (Lipinski definition) is 2. The highest BCUT2D eigenvalue weighted by molar-refractivity contribution is 5.78. The third kappa shape index (κ3) is 5.04. The Hall–Kier alpha value is -0.610. The minimum atomic E-state index is -0.952. The number of rotatable bonds is 8. The maximum Gasteiger partial charge on any atom is 0.326 e. The maximum absolute atomic E-state index is 11.3. The van der Waals surface area contributed by atoms with Gasteiger partial charge in [-0.05, 0) is 39.0 Å². The van der Waals surface area contributed by atoms with Gasteiger partial charge in [0, 0.05) is 6.04 Å². The van der Waals surface area contributed by atoms with E-state index in [4.69, 9.17) is 4.74 Å². The first-order valence-electron chi connectivity index (χ1n) is 6.46. The Bertz CT molecular complexity index is 263. The highest BCUT2D eigenvalue weighted by Gasteiger charge is 2.39. The van der Waals surface area contributed by atoms with Crippen molar-refractivity contribution >= 4 is 5.97 Å². The van der Waals surface area contributed by atoms with Crippen LogP contribution in [0, 0.1) is 5.92 Å². The second-order valence-electron chi connectivity index (χ2n) is 5.81. The quantitative estimate of drug-likeness (QED) is 0.685. The van der Waals surface area contributed by atoms with Gasteiger partial charge in [0.2, 0.25) is 0 Å². The van der Waals surface area contributed by atoms with Crippen molar-refractivity contribution in [2.24, 2.45) is 5.92 Å². The van der Waals surface area contributed by atoms with Crippen LogP contribution in [0.2, 0.25) is 0 Å². The molecule has 100 valence electrons. The standard InChI is InChI=1S/C13H25NO3/c1-9(2)7-10(3)17-8-13(4,12(15)16)14-11-5-6-11/h9-11,14H,5-8H2,1-4H3,(H,15,16). The number of carboxylic acid groups (broad SMARTS) is 1. The van der Waals surface area contributed by atoms with E-state index in [0.717, 1.165) is 19.3 Å². The van der Waals surface area contributed by atoms with Gasteiger partial charge in [0.05, 0.1) is 12.7 Å². The minimum absolute atomic E-state index is 0.106. The molecule has 0 saturated heterocycles. The molecule has 2 unspecified atom stereocenters. The van der Waals surface area contributed by atoms with Crippen molar-refractivity contribution in [2.45, 2.75) is 64.6 Å². The van der Waals surface area contributed by atoms with Gasteiger partial charge in [-0.1, -0.05) is 13.8 Å². The Labute approximate surface area is 104 Å². The van der Waals surface area contributed by atoms with Crippen LogP contribution in [0.5, 0.6) is 0 Å². The molecular weight excluding hydrogens is 218 g/mol. The fourth-order valence-corrected chi connectivity index (χ4v) is 1.88. The first-order valence-corrected chi connectivity index (χ1v) is 6.46. The summed E-state index contributed by atoms with van der Waals surface area (Å²) in [6.07, 6.45) is 3.21. The van der Waals surface area contributed by atoms with Crippen molar-refractivity contribution in [1.29, 1.82) is 0 Å². The van der Waals surface area contributed by atoms with Crippen LogP contribution in [-0.4, -0.2) is 35.4 Å². The molecule has 1 fully saturated rings. The van der Waals surface area contributed by atoms with E-state index in [-0.39, 0.29) is 12.7 Å². The van der Waals surface area contributed by atoms with Crippen molar-refractivity contribution < 1.29 is 14.6 Å². The lowest BCUT2D eigenvalue weighted by Crippen LogP contribution is -2.54. The van der Waals surface area contributed by atoms with Crippen molar-refractivity contribution in [3.8, 4) is 0 Å².